The van der Waals surface area contributed by atoms with Crippen LogP contribution in [0.4, 0.5) is 0 Å². The van der Waals surface area contributed by atoms with Crippen LogP contribution in [-0.4, -0.2) is 21.8 Å². The topological polar surface area (TPSA) is 71.8 Å². The molecule has 26 heavy (non-hydrogen) atoms. The summed E-state index contributed by atoms with van der Waals surface area (Å²) in [7, 11) is 0. The number of rotatable bonds is 7. The van der Waals surface area contributed by atoms with Crippen LogP contribution in [0.3, 0.4) is 0 Å². The molecular formula is C22H25N3O. The largest absolute Gasteiger partial charge is 0.351 e. The van der Waals surface area contributed by atoms with Crippen LogP contribution in [0.1, 0.15) is 30.2 Å². The molecule has 4 heteroatoms. The Morgan fingerprint density at radius 1 is 1.35 bits per heavy atom. The highest BCUT2D eigenvalue weighted by Gasteiger charge is 2.15. The zero-order valence-electron chi connectivity index (χ0n) is 15.1. The molecule has 0 saturated heterocycles. The summed E-state index contributed by atoms with van der Waals surface area (Å²) in [6.45, 7) is 2.22. The van der Waals surface area contributed by atoms with E-state index in [1.165, 1.54) is 5.57 Å². The number of ketones is 1. The van der Waals surface area contributed by atoms with Gasteiger partial charge in [-0.2, -0.15) is 0 Å². The highest BCUT2D eigenvalue weighted by molar-refractivity contribution is 5.86. The number of nitrogens with one attached hydrogen (secondary N) is 1. The number of aromatic amines is 1. The molecule has 0 spiro atoms. The summed E-state index contributed by atoms with van der Waals surface area (Å²) in [6, 6.07) is 7.53. The first kappa shape index (κ1) is 18.1. The Labute approximate surface area is 154 Å². The van der Waals surface area contributed by atoms with Gasteiger partial charge in [0.1, 0.15) is 0 Å². The van der Waals surface area contributed by atoms with Crippen LogP contribution in [-0.2, 0) is 17.6 Å². The monoisotopic (exact) mass is 347 g/mol. The number of benzene rings is 1. The SMILES string of the molecule is CC1C=CC(/C=C/c2ccc(CC(=O)[C@@H](N)Cc3c[nH]cn3)cc2)=CC1. The average Bonchev–Trinajstić information content (AvgIpc) is 3.15. The molecule has 1 aromatic carbocycles. The van der Waals surface area contributed by atoms with Crippen LogP contribution in [0.15, 0.2) is 66.7 Å². The van der Waals surface area contributed by atoms with Crippen molar-refractivity contribution in [3.05, 3.63) is 83.5 Å². The summed E-state index contributed by atoms with van der Waals surface area (Å²) >= 11 is 0. The molecule has 1 aromatic heterocycles. The van der Waals surface area contributed by atoms with Crippen LogP contribution < -0.4 is 5.73 Å². The summed E-state index contributed by atoms with van der Waals surface area (Å²) in [5.41, 5.74) is 10.2. The fourth-order valence-corrected chi connectivity index (χ4v) is 2.88. The molecule has 1 unspecified atom stereocenters. The smallest absolute Gasteiger partial charge is 0.154 e. The van der Waals surface area contributed by atoms with Gasteiger partial charge in [0.25, 0.3) is 0 Å². The quantitative estimate of drug-likeness (QED) is 0.803. The lowest BCUT2D eigenvalue weighted by Gasteiger charge is -2.09. The number of hydrogen-bond donors (Lipinski definition) is 2. The van der Waals surface area contributed by atoms with Crippen molar-refractivity contribution in [1.29, 1.82) is 0 Å². The number of Topliss-reactive ketones (excluding diaryl/α,β-unsaturated/α-hetero) is 1. The Morgan fingerprint density at radius 2 is 2.15 bits per heavy atom. The van der Waals surface area contributed by atoms with Gasteiger partial charge in [-0.15, -0.1) is 0 Å². The minimum Gasteiger partial charge on any atom is -0.351 e. The Kier molecular flexibility index (Phi) is 5.97. The maximum absolute atomic E-state index is 12.3. The number of hydrogen-bond acceptors (Lipinski definition) is 3. The van der Waals surface area contributed by atoms with E-state index in [1.54, 1.807) is 12.5 Å². The van der Waals surface area contributed by atoms with Crippen LogP contribution in [0.5, 0.6) is 0 Å². The fraction of sp³-hybridized carbons (Fsp3) is 0.273. The minimum absolute atomic E-state index is 0.0305. The van der Waals surface area contributed by atoms with E-state index in [9.17, 15) is 4.79 Å². The summed E-state index contributed by atoms with van der Waals surface area (Å²) in [6.07, 6.45) is 16.2. The zero-order valence-corrected chi connectivity index (χ0v) is 15.1. The molecule has 1 heterocycles. The van der Waals surface area contributed by atoms with Crippen molar-refractivity contribution < 1.29 is 4.79 Å². The number of allylic oxidation sites excluding steroid dienone is 5. The molecule has 3 N–H and O–H groups in total. The first-order valence-corrected chi connectivity index (χ1v) is 9.01. The maximum atomic E-state index is 12.3. The third-order valence-electron chi connectivity index (χ3n) is 4.57. The number of aromatic nitrogens is 2. The predicted octanol–water partition coefficient (Wildman–Crippen LogP) is 3.63. The minimum atomic E-state index is -0.523. The second-order valence-corrected chi connectivity index (χ2v) is 6.87. The molecule has 0 bridgehead atoms. The standard InChI is InChI=1S/C22H25N3O/c1-16-2-4-17(5-3-16)6-7-18-8-10-19(11-9-18)12-22(26)21(23)13-20-14-24-15-25-20/h2,4-11,14-16,21H,3,12-13,23H2,1H3,(H,24,25)/b7-6+/t16?,21-/m0/s1. The molecule has 0 aliphatic heterocycles. The molecule has 0 radical (unpaired) electrons. The number of nitrogens with zero attached hydrogens (tertiary/aromatic N) is 1. The van der Waals surface area contributed by atoms with Crippen molar-refractivity contribution >= 4 is 11.9 Å². The maximum Gasteiger partial charge on any atom is 0.154 e. The van der Waals surface area contributed by atoms with Gasteiger partial charge in [0.05, 0.1) is 18.1 Å². The van der Waals surface area contributed by atoms with Gasteiger partial charge in [0.15, 0.2) is 5.78 Å². The van der Waals surface area contributed by atoms with Crippen molar-refractivity contribution in [2.24, 2.45) is 11.7 Å². The Morgan fingerprint density at radius 3 is 2.81 bits per heavy atom. The van der Waals surface area contributed by atoms with Crippen molar-refractivity contribution in [3.8, 4) is 0 Å². The number of imidazole rings is 1. The second kappa shape index (κ2) is 8.59. The van der Waals surface area contributed by atoms with E-state index in [0.29, 0.717) is 18.8 Å². The number of H-pyrrole nitrogens is 1. The Balaban J connectivity index is 1.54. The molecule has 0 fully saturated rings. The van der Waals surface area contributed by atoms with Crippen molar-refractivity contribution in [1.82, 2.24) is 9.97 Å². The average molecular weight is 347 g/mol. The molecule has 2 atom stereocenters. The second-order valence-electron chi connectivity index (χ2n) is 6.87. The van der Waals surface area contributed by atoms with Crippen molar-refractivity contribution in [2.75, 3.05) is 0 Å². The van der Waals surface area contributed by atoms with E-state index < -0.39 is 6.04 Å². The zero-order chi connectivity index (χ0) is 18.4. The van der Waals surface area contributed by atoms with E-state index in [2.05, 4.69) is 47.3 Å². The highest BCUT2D eigenvalue weighted by Crippen LogP contribution is 2.17. The molecule has 3 rings (SSSR count). The third-order valence-corrected chi connectivity index (χ3v) is 4.57. The lowest BCUT2D eigenvalue weighted by Crippen LogP contribution is -2.34. The van der Waals surface area contributed by atoms with Crippen LogP contribution in [0.25, 0.3) is 6.08 Å². The van der Waals surface area contributed by atoms with Crippen LogP contribution >= 0.6 is 0 Å². The van der Waals surface area contributed by atoms with Crippen molar-refractivity contribution in [3.63, 3.8) is 0 Å². The summed E-state index contributed by atoms with van der Waals surface area (Å²) in [5, 5.41) is 0. The number of carbonyl (C=O) groups excluding carboxylic acids is 1. The summed E-state index contributed by atoms with van der Waals surface area (Å²) < 4.78 is 0. The fourth-order valence-electron chi connectivity index (χ4n) is 2.88. The number of nitrogens with two attached hydrogens (primary N) is 1. The molecule has 1 aliphatic carbocycles. The van der Waals surface area contributed by atoms with Gasteiger partial charge in [-0.25, -0.2) is 4.98 Å². The van der Waals surface area contributed by atoms with Gasteiger partial charge >= 0.3 is 0 Å². The third kappa shape index (κ3) is 5.14. The van der Waals surface area contributed by atoms with Crippen LogP contribution in [0, 0.1) is 5.92 Å². The van der Waals surface area contributed by atoms with Crippen LogP contribution in [0.2, 0.25) is 0 Å². The van der Waals surface area contributed by atoms with E-state index in [0.717, 1.165) is 23.2 Å². The normalized spacial score (nSPS) is 18.1. The lowest BCUT2D eigenvalue weighted by atomic mass is 9.97. The molecule has 1 aliphatic rings. The van der Waals surface area contributed by atoms with Gasteiger partial charge in [-0.05, 0) is 29.0 Å². The van der Waals surface area contributed by atoms with E-state index in [1.807, 2.05) is 24.3 Å². The van der Waals surface area contributed by atoms with Gasteiger partial charge in [-0.3, -0.25) is 4.79 Å². The first-order chi connectivity index (χ1) is 12.6. The lowest BCUT2D eigenvalue weighted by molar-refractivity contribution is -0.119. The van der Waals surface area contributed by atoms with Gasteiger partial charge in [0, 0.05) is 19.0 Å². The highest BCUT2D eigenvalue weighted by atomic mass is 16.1. The van der Waals surface area contributed by atoms with E-state index >= 15 is 0 Å². The van der Waals surface area contributed by atoms with Gasteiger partial charge in [0.2, 0.25) is 0 Å². The Bertz CT molecular complexity index is 814. The molecule has 2 aromatic rings. The summed E-state index contributed by atoms with van der Waals surface area (Å²) in [5.74, 6) is 0.659. The predicted molar refractivity (Wildman–Crippen MR) is 105 cm³/mol. The van der Waals surface area contributed by atoms with E-state index in [-0.39, 0.29) is 5.78 Å². The molecule has 0 saturated carbocycles. The summed E-state index contributed by atoms with van der Waals surface area (Å²) in [4.78, 5) is 19.3. The molecule has 134 valence electrons. The molecular weight excluding hydrogens is 322 g/mol. The number of carbonyl (C=O) groups is 1. The van der Waals surface area contributed by atoms with E-state index in [4.69, 9.17) is 5.73 Å². The molecule has 0 amide bonds. The first-order valence-electron chi connectivity index (χ1n) is 9.01. The van der Waals surface area contributed by atoms with Crippen molar-refractivity contribution in [2.45, 2.75) is 32.2 Å². The van der Waals surface area contributed by atoms with Gasteiger partial charge in [-0.1, -0.05) is 61.6 Å². The van der Waals surface area contributed by atoms with Gasteiger partial charge < -0.3 is 10.7 Å². The molecule has 4 nitrogen and oxygen atoms in total. The Hall–Kier alpha value is -2.72.